The molecule has 0 bridgehead atoms. The maximum Gasteiger partial charge on any atom is 0.408 e. The van der Waals surface area contributed by atoms with Crippen LogP contribution in [0.1, 0.15) is 82.6 Å². The quantitative estimate of drug-likeness (QED) is 0.0456. The van der Waals surface area contributed by atoms with E-state index >= 15 is 0 Å². The molecule has 0 fully saturated rings. The number of halogens is 3. The van der Waals surface area contributed by atoms with Gasteiger partial charge in [-0.1, -0.05) is 83.9 Å². The van der Waals surface area contributed by atoms with Crippen LogP contribution in [0.4, 0.5) is 16.2 Å². The van der Waals surface area contributed by atoms with E-state index in [1.165, 1.54) is 43.3 Å². The molecule has 0 unspecified atom stereocenters. The number of carbonyl (C=O) groups is 5. The molecular formula is C47H57Cl3N6O10. The van der Waals surface area contributed by atoms with Crippen LogP contribution >= 0.6 is 35.6 Å². The lowest BCUT2D eigenvalue weighted by atomic mass is 10.0. The van der Waals surface area contributed by atoms with Gasteiger partial charge in [-0.3, -0.25) is 39.4 Å². The van der Waals surface area contributed by atoms with Crippen LogP contribution in [0, 0.1) is 20.2 Å². The van der Waals surface area contributed by atoms with E-state index in [4.69, 9.17) is 33.7 Å². The summed E-state index contributed by atoms with van der Waals surface area (Å²) in [6.07, 6.45) is 1.49. The number of nitrogens with one attached hydrogen (secondary N) is 3. The van der Waals surface area contributed by atoms with Gasteiger partial charge in [0.05, 0.1) is 28.0 Å². The summed E-state index contributed by atoms with van der Waals surface area (Å²) in [6.45, 7) is 8.27. The Labute approximate surface area is 400 Å². The van der Waals surface area contributed by atoms with Gasteiger partial charge in [-0.2, -0.15) is 0 Å². The number of benzene rings is 4. The summed E-state index contributed by atoms with van der Waals surface area (Å²) in [5.41, 5.74) is 7.80. The van der Waals surface area contributed by atoms with Gasteiger partial charge >= 0.3 is 6.09 Å². The summed E-state index contributed by atoms with van der Waals surface area (Å²) in [6, 6.07) is 24.4. The van der Waals surface area contributed by atoms with Gasteiger partial charge in [0.2, 0.25) is 11.8 Å². The highest BCUT2D eigenvalue weighted by Crippen LogP contribution is 2.25. The van der Waals surface area contributed by atoms with Crippen molar-refractivity contribution in [3.63, 3.8) is 0 Å². The van der Waals surface area contributed by atoms with Gasteiger partial charge in [-0.05, 0) is 109 Å². The molecule has 19 heteroatoms. The molecule has 5 N–H and O–H groups in total. The van der Waals surface area contributed by atoms with E-state index < -0.39 is 57.5 Å². The number of rotatable bonds is 21. The molecule has 16 nitrogen and oxygen atoms in total. The molecule has 0 aliphatic rings. The average molecular weight is 972 g/mol. The van der Waals surface area contributed by atoms with E-state index in [-0.39, 0.29) is 61.0 Å². The van der Waals surface area contributed by atoms with Crippen molar-refractivity contribution in [1.82, 2.24) is 16.0 Å². The van der Waals surface area contributed by atoms with Crippen molar-refractivity contribution >= 4 is 76.5 Å². The number of ketones is 2. The summed E-state index contributed by atoms with van der Waals surface area (Å²) in [5, 5.41) is 30.9. The van der Waals surface area contributed by atoms with Crippen molar-refractivity contribution in [2.45, 2.75) is 116 Å². The number of nitrogens with zero attached hydrogens (tertiary/aromatic N) is 2. The number of hydrogen-bond acceptors (Lipinski definition) is 11. The molecule has 4 aromatic carbocycles. The fourth-order valence-corrected chi connectivity index (χ4v) is 6.77. The molecule has 0 saturated carbocycles. The van der Waals surface area contributed by atoms with Crippen molar-refractivity contribution in [3.05, 3.63) is 150 Å². The first-order valence-electron chi connectivity index (χ1n) is 21.0. The Morgan fingerprint density at radius 1 is 0.636 bits per heavy atom. The molecule has 356 valence electrons. The Hall–Kier alpha value is -5.94. The lowest BCUT2D eigenvalue weighted by molar-refractivity contribution is -0.385. The fraction of sp³-hybridized carbons (Fsp3) is 0.383. The number of carbonyl (C=O) groups excluding carboxylic acids is 5. The Balaban J connectivity index is 0.000000457. The van der Waals surface area contributed by atoms with Crippen LogP contribution in [0.5, 0.6) is 0 Å². The number of alkyl carbamates (subject to hydrolysis) is 1. The average Bonchev–Trinajstić information content (AvgIpc) is 3.25. The smallest absolute Gasteiger partial charge is 0.408 e. The highest BCUT2D eigenvalue weighted by Gasteiger charge is 2.27. The SMILES string of the molecule is C[C@H](NC(=O)[C@@H](CCc1ccccc1)NC(=O)OC(C)(C)C)C(=O)CCc1cc(Cl)ccc1[N+](=O)[O-].C[C@H](NC(=O)[C@H](N)CCc1ccccc1)C(=O)CCc1cc(Cl)ccc1[N+](=O)[O-].Cl. The first kappa shape index (κ1) is 56.2. The molecule has 4 aromatic rings. The minimum Gasteiger partial charge on any atom is -0.444 e. The first-order valence-corrected chi connectivity index (χ1v) is 21.7. The highest BCUT2D eigenvalue weighted by molar-refractivity contribution is 6.31. The predicted molar refractivity (Wildman–Crippen MR) is 256 cm³/mol. The molecule has 0 spiro atoms. The lowest BCUT2D eigenvalue weighted by Gasteiger charge is -2.24. The minimum absolute atomic E-state index is 0. The number of hydrogen-bond donors (Lipinski definition) is 4. The molecule has 4 atom stereocenters. The summed E-state index contributed by atoms with van der Waals surface area (Å²) in [7, 11) is 0. The number of aryl methyl sites for hydroxylation is 4. The maximum atomic E-state index is 13.0. The number of nitrogens with two attached hydrogens (primary N) is 1. The predicted octanol–water partition coefficient (Wildman–Crippen LogP) is 8.42. The van der Waals surface area contributed by atoms with E-state index in [0.717, 1.165) is 11.1 Å². The van der Waals surface area contributed by atoms with E-state index in [2.05, 4.69) is 16.0 Å². The maximum absolute atomic E-state index is 13.0. The first-order chi connectivity index (χ1) is 30.6. The van der Waals surface area contributed by atoms with E-state index in [9.17, 15) is 44.2 Å². The van der Waals surface area contributed by atoms with Crippen LogP contribution in [0.3, 0.4) is 0 Å². The Morgan fingerprint density at radius 3 is 1.45 bits per heavy atom. The van der Waals surface area contributed by atoms with Gasteiger partial charge in [0.1, 0.15) is 11.6 Å². The third-order valence-electron chi connectivity index (χ3n) is 9.94. The summed E-state index contributed by atoms with van der Waals surface area (Å²) < 4.78 is 5.29. The van der Waals surface area contributed by atoms with Gasteiger partial charge in [0.15, 0.2) is 11.6 Å². The van der Waals surface area contributed by atoms with Crippen LogP contribution in [-0.4, -0.2) is 69.1 Å². The van der Waals surface area contributed by atoms with Crippen LogP contribution in [0.25, 0.3) is 0 Å². The molecule has 0 heterocycles. The highest BCUT2D eigenvalue weighted by atomic mass is 35.5. The summed E-state index contributed by atoms with van der Waals surface area (Å²) >= 11 is 11.8. The second kappa shape index (κ2) is 27.5. The molecule has 0 aliphatic carbocycles. The molecule has 4 rings (SSSR count). The number of nitro groups is 2. The fourth-order valence-electron chi connectivity index (χ4n) is 6.38. The van der Waals surface area contributed by atoms with Gasteiger partial charge in [0, 0.05) is 46.1 Å². The molecule has 66 heavy (non-hydrogen) atoms. The van der Waals surface area contributed by atoms with E-state index in [1.807, 2.05) is 60.7 Å². The Morgan fingerprint density at radius 2 is 1.05 bits per heavy atom. The number of Topliss-reactive ketones (excluding diaryl/α,β-unsaturated/α-hetero) is 2. The largest absolute Gasteiger partial charge is 0.444 e. The monoisotopic (exact) mass is 970 g/mol. The lowest BCUT2D eigenvalue weighted by Crippen LogP contribution is -2.51. The second-order valence-electron chi connectivity index (χ2n) is 16.3. The third-order valence-corrected chi connectivity index (χ3v) is 10.4. The molecule has 0 aliphatic heterocycles. The van der Waals surface area contributed by atoms with Crippen LogP contribution < -0.4 is 21.7 Å². The molecule has 0 aromatic heterocycles. The third kappa shape index (κ3) is 20.1. The van der Waals surface area contributed by atoms with Crippen LogP contribution in [0.2, 0.25) is 10.0 Å². The molecule has 0 saturated heterocycles. The van der Waals surface area contributed by atoms with Crippen LogP contribution in [0.15, 0.2) is 97.1 Å². The topological polar surface area (TPSA) is 243 Å². The molecule has 3 amide bonds. The van der Waals surface area contributed by atoms with E-state index in [1.54, 1.807) is 27.7 Å². The van der Waals surface area contributed by atoms with Crippen molar-refractivity contribution in [3.8, 4) is 0 Å². The van der Waals surface area contributed by atoms with Gasteiger partial charge in [0.25, 0.3) is 11.4 Å². The Kier molecular flexibility index (Phi) is 23.4. The van der Waals surface area contributed by atoms with E-state index in [0.29, 0.717) is 46.9 Å². The Bertz CT molecular complexity index is 2280. The van der Waals surface area contributed by atoms with Crippen molar-refractivity contribution in [2.75, 3.05) is 0 Å². The van der Waals surface area contributed by atoms with Gasteiger partial charge in [-0.15, -0.1) is 12.4 Å². The summed E-state index contributed by atoms with van der Waals surface area (Å²) in [5.74, 6) is -1.46. The zero-order chi connectivity index (χ0) is 48.3. The second-order valence-corrected chi connectivity index (χ2v) is 17.2. The standard InChI is InChI=1S/C26H32ClN3O6.C21H24ClN3O4.ClH/c1-17(23(31)15-11-19-16-20(27)12-14-22(19)30(34)35)28-24(32)21(29-25(33)36-26(2,3)4)13-10-18-8-6-5-7-9-18;1-14(24-21(27)18(23)10-7-15-5-3-2-4-6-15)20(26)12-8-16-13-17(22)9-11-19(16)25(28)29;/h5-9,12,14,16-17,21H,10-11,13,15H2,1-4H3,(H,28,32)(H,29,33);2-6,9,11,13-14,18H,7-8,10,12,23H2,1H3,(H,24,27);1H/t17-,21+;14-,18+;/m00./s1. The zero-order valence-electron chi connectivity index (χ0n) is 37.4. The van der Waals surface area contributed by atoms with Crippen LogP contribution in [-0.2, 0) is 49.6 Å². The molecule has 0 radical (unpaired) electrons. The van der Waals surface area contributed by atoms with Gasteiger partial charge in [-0.25, -0.2) is 4.79 Å². The van der Waals surface area contributed by atoms with Crippen molar-refractivity contribution in [1.29, 1.82) is 0 Å². The van der Waals surface area contributed by atoms with Crippen molar-refractivity contribution < 1.29 is 38.6 Å². The zero-order valence-corrected chi connectivity index (χ0v) is 39.8. The normalized spacial score (nSPS) is 12.6. The summed E-state index contributed by atoms with van der Waals surface area (Å²) in [4.78, 5) is 84.0. The minimum atomic E-state index is -0.927. The number of amides is 3. The number of nitro benzene ring substituents is 2. The number of ether oxygens (including phenoxy) is 1. The van der Waals surface area contributed by atoms with Gasteiger partial charge < -0.3 is 26.4 Å². The van der Waals surface area contributed by atoms with Crippen molar-refractivity contribution in [2.24, 2.45) is 5.73 Å². The molecular weight excluding hydrogens is 915 g/mol.